The van der Waals surface area contributed by atoms with Gasteiger partial charge in [0.25, 0.3) is 5.91 Å². The summed E-state index contributed by atoms with van der Waals surface area (Å²) in [5, 5.41) is 0. The Bertz CT molecular complexity index is 463. The Morgan fingerprint density at radius 3 is 2.70 bits per heavy atom. The first-order chi connectivity index (χ1) is 9.52. The zero-order valence-electron chi connectivity index (χ0n) is 12.6. The fourth-order valence-corrected chi connectivity index (χ4v) is 2.61. The number of nitrogen functional groups attached to an aromatic ring is 1. The lowest BCUT2D eigenvalue weighted by molar-refractivity contribution is 0.0594. The van der Waals surface area contributed by atoms with Gasteiger partial charge in [-0.3, -0.25) is 4.79 Å². The number of carbonyl (C=O) groups is 1. The van der Waals surface area contributed by atoms with Crippen molar-refractivity contribution < 1.29 is 9.53 Å². The maximum absolute atomic E-state index is 12.7. The van der Waals surface area contributed by atoms with E-state index in [0.29, 0.717) is 30.3 Å². The molecule has 0 heterocycles. The second-order valence-electron chi connectivity index (χ2n) is 5.70. The van der Waals surface area contributed by atoms with Crippen molar-refractivity contribution in [3.05, 3.63) is 29.3 Å². The van der Waals surface area contributed by atoms with Gasteiger partial charge in [0.1, 0.15) is 0 Å². The van der Waals surface area contributed by atoms with E-state index in [9.17, 15) is 4.79 Å². The Kier molecular flexibility index (Phi) is 4.65. The summed E-state index contributed by atoms with van der Waals surface area (Å²) in [4.78, 5) is 14.7. The van der Waals surface area contributed by atoms with Crippen molar-refractivity contribution >= 4 is 11.6 Å². The number of anilines is 1. The minimum atomic E-state index is 0.0526. The van der Waals surface area contributed by atoms with Crippen LogP contribution < -0.4 is 5.73 Å². The number of nitrogens with two attached hydrogens (primary N) is 1. The van der Waals surface area contributed by atoms with Crippen LogP contribution in [0.2, 0.25) is 0 Å². The Morgan fingerprint density at radius 2 is 2.15 bits per heavy atom. The molecule has 110 valence electrons. The third kappa shape index (κ3) is 3.51. The number of rotatable bonds is 6. The molecular formula is C16H24N2O2. The Balaban J connectivity index is 2.19. The first kappa shape index (κ1) is 14.9. The molecule has 0 saturated heterocycles. The molecule has 2 N–H and O–H groups in total. The van der Waals surface area contributed by atoms with Crippen LogP contribution in [0.1, 0.15) is 35.7 Å². The molecule has 0 bridgehead atoms. The zero-order valence-corrected chi connectivity index (χ0v) is 12.6. The van der Waals surface area contributed by atoms with Crippen LogP contribution in [-0.2, 0) is 4.74 Å². The molecule has 1 fully saturated rings. The highest BCUT2D eigenvalue weighted by Gasteiger charge is 2.34. The van der Waals surface area contributed by atoms with E-state index in [2.05, 4.69) is 6.92 Å². The number of amides is 1. The Morgan fingerprint density at radius 1 is 1.45 bits per heavy atom. The predicted octanol–water partition coefficient (Wildman–Crippen LogP) is 2.46. The van der Waals surface area contributed by atoms with E-state index in [1.165, 1.54) is 12.8 Å². The van der Waals surface area contributed by atoms with Crippen molar-refractivity contribution in [1.29, 1.82) is 0 Å². The van der Waals surface area contributed by atoms with E-state index in [1.54, 1.807) is 13.2 Å². The van der Waals surface area contributed by atoms with E-state index in [-0.39, 0.29) is 11.9 Å². The van der Waals surface area contributed by atoms with E-state index < -0.39 is 0 Å². The lowest BCUT2D eigenvalue weighted by Gasteiger charge is -2.29. The quantitative estimate of drug-likeness (QED) is 0.812. The molecule has 1 aromatic carbocycles. The summed E-state index contributed by atoms with van der Waals surface area (Å²) in [5.74, 6) is 0.690. The average molecular weight is 276 g/mol. The summed E-state index contributed by atoms with van der Waals surface area (Å²) in [5.41, 5.74) is 8.17. The third-order valence-corrected chi connectivity index (χ3v) is 3.94. The highest BCUT2D eigenvalue weighted by molar-refractivity contribution is 5.95. The third-order valence-electron chi connectivity index (χ3n) is 3.94. The number of benzene rings is 1. The van der Waals surface area contributed by atoms with Crippen molar-refractivity contribution in [3.8, 4) is 0 Å². The van der Waals surface area contributed by atoms with Gasteiger partial charge in [-0.05, 0) is 56.4 Å². The van der Waals surface area contributed by atoms with Gasteiger partial charge in [-0.15, -0.1) is 0 Å². The van der Waals surface area contributed by atoms with Gasteiger partial charge in [0.2, 0.25) is 0 Å². The minimum Gasteiger partial charge on any atom is -0.399 e. The monoisotopic (exact) mass is 276 g/mol. The second kappa shape index (κ2) is 6.27. The summed E-state index contributed by atoms with van der Waals surface area (Å²) >= 11 is 0. The van der Waals surface area contributed by atoms with Gasteiger partial charge in [0, 0.05) is 30.9 Å². The maximum Gasteiger partial charge on any atom is 0.254 e. The molecule has 1 saturated carbocycles. The molecule has 4 nitrogen and oxygen atoms in total. The minimum absolute atomic E-state index is 0.0526. The lowest BCUT2D eigenvalue weighted by atomic mass is 10.1. The van der Waals surface area contributed by atoms with Gasteiger partial charge in [-0.1, -0.05) is 0 Å². The van der Waals surface area contributed by atoms with Gasteiger partial charge in [-0.2, -0.15) is 0 Å². The Hall–Kier alpha value is -1.55. The molecule has 20 heavy (non-hydrogen) atoms. The molecular weight excluding hydrogens is 252 g/mol. The average Bonchev–Trinajstić information content (AvgIpc) is 3.21. The van der Waals surface area contributed by atoms with Crippen molar-refractivity contribution in [3.63, 3.8) is 0 Å². The molecule has 2 rings (SSSR count). The van der Waals surface area contributed by atoms with Crippen LogP contribution in [0.3, 0.4) is 0 Å². The Labute approximate surface area is 120 Å². The molecule has 0 aromatic heterocycles. The summed E-state index contributed by atoms with van der Waals surface area (Å²) in [6, 6.07) is 5.80. The summed E-state index contributed by atoms with van der Waals surface area (Å²) in [6.07, 6.45) is 2.43. The van der Waals surface area contributed by atoms with E-state index >= 15 is 0 Å². The van der Waals surface area contributed by atoms with Crippen molar-refractivity contribution in [2.24, 2.45) is 5.92 Å². The molecule has 4 heteroatoms. The van der Waals surface area contributed by atoms with Crippen LogP contribution in [0.5, 0.6) is 0 Å². The molecule has 1 unspecified atom stereocenters. The van der Waals surface area contributed by atoms with Crippen molar-refractivity contribution in [1.82, 2.24) is 4.90 Å². The summed E-state index contributed by atoms with van der Waals surface area (Å²) in [6.45, 7) is 5.27. The standard InChI is InChI=1S/C16H24N2O2/c1-11-8-14(10-15(17)9-11)16(19)18(6-7-20-3)12(2)13-4-5-13/h8-10,12-13H,4-7,17H2,1-3H3. The molecule has 0 aliphatic heterocycles. The molecule has 1 amide bonds. The van der Waals surface area contributed by atoms with Crippen LogP contribution in [0.15, 0.2) is 18.2 Å². The normalized spacial score (nSPS) is 15.9. The fraction of sp³-hybridized carbons (Fsp3) is 0.562. The first-order valence-corrected chi connectivity index (χ1v) is 7.20. The van der Waals surface area contributed by atoms with Crippen LogP contribution in [0, 0.1) is 12.8 Å². The van der Waals surface area contributed by atoms with Crippen LogP contribution in [0.25, 0.3) is 0 Å². The van der Waals surface area contributed by atoms with Crippen molar-refractivity contribution in [2.75, 3.05) is 26.0 Å². The molecule has 0 radical (unpaired) electrons. The van der Waals surface area contributed by atoms with Gasteiger partial charge in [-0.25, -0.2) is 0 Å². The first-order valence-electron chi connectivity index (χ1n) is 7.20. The second-order valence-corrected chi connectivity index (χ2v) is 5.70. The van der Waals surface area contributed by atoms with Crippen LogP contribution in [0.4, 0.5) is 5.69 Å². The molecule has 1 atom stereocenters. The molecule has 1 aliphatic rings. The van der Waals surface area contributed by atoms with E-state index in [0.717, 1.165) is 5.56 Å². The predicted molar refractivity (Wildman–Crippen MR) is 80.7 cm³/mol. The number of ether oxygens (including phenoxy) is 1. The summed E-state index contributed by atoms with van der Waals surface area (Å²) < 4.78 is 5.14. The smallest absolute Gasteiger partial charge is 0.254 e. The SMILES string of the molecule is COCCN(C(=O)c1cc(C)cc(N)c1)C(C)C1CC1. The van der Waals surface area contributed by atoms with E-state index in [4.69, 9.17) is 10.5 Å². The maximum atomic E-state index is 12.7. The fourth-order valence-electron chi connectivity index (χ4n) is 2.61. The summed E-state index contributed by atoms with van der Waals surface area (Å²) in [7, 11) is 1.66. The number of nitrogens with zero attached hydrogens (tertiary/aromatic N) is 1. The zero-order chi connectivity index (χ0) is 14.7. The molecule has 1 aliphatic carbocycles. The highest BCUT2D eigenvalue weighted by atomic mass is 16.5. The number of hydrogen-bond acceptors (Lipinski definition) is 3. The van der Waals surface area contributed by atoms with Crippen LogP contribution >= 0.6 is 0 Å². The number of methoxy groups -OCH3 is 1. The largest absolute Gasteiger partial charge is 0.399 e. The molecule has 0 spiro atoms. The highest BCUT2D eigenvalue weighted by Crippen LogP contribution is 2.35. The number of aryl methyl sites for hydroxylation is 1. The van der Waals surface area contributed by atoms with Gasteiger partial charge in [0.05, 0.1) is 6.61 Å². The van der Waals surface area contributed by atoms with Gasteiger partial charge < -0.3 is 15.4 Å². The topological polar surface area (TPSA) is 55.6 Å². The van der Waals surface area contributed by atoms with Crippen molar-refractivity contribution in [2.45, 2.75) is 32.7 Å². The molecule has 1 aromatic rings. The lowest BCUT2D eigenvalue weighted by Crippen LogP contribution is -2.42. The van der Waals surface area contributed by atoms with Gasteiger partial charge >= 0.3 is 0 Å². The van der Waals surface area contributed by atoms with Gasteiger partial charge in [0.15, 0.2) is 0 Å². The van der Waals surface area contributed by atoms with E-state index in [1.807, 2.05) is 24.0 Å². The number of hydrogen-bond donors (Lipinski definition) is 1. The number of carbonyl (C=O) groups excluding carboxylic acids is 1. The van der Waals surface area contributed by atoms with Crippen LogP contribution in [-0.4, -0.2) is 37.1 Å².